The molecule has 7 heteroatoms. The van der Waals surface area contributed by atoms with Crippen LogP contribution in [0.1, 0.15) is 19.4 Å². The molecule has 1 heterocycles. The molecule has 26 heavy (non-hydrogen) atoms. The van der Waals surface area contributed by atoms with E-state index >= 15 is 0 Å². The molecular weight excluding hydrogens is 354 g/mol. The van der Waals surface area contributed by atoms with Gasteiger partial charge in [0.05, 0.1) is 0 Å². The maximum Gasteiger partial charge on any atom is 0.270 e. The van der Waals surface area contributed by atoms with Crippen LogP contribution in [-0.4, -0.2) is 22.2 Å². The lowest BCUT2D eigenvalue weighted by atomic mass is 10.2. The minimum atomic E-state index is -0.712. The van der Waals surface area contributed by atoms with E-state index in [1.807, 2.05) is 24.3 Å². The van der Waals surface area contributed by atoms with Gasteiger partial charge in [0, 0.05) is 10.6 Å². The van der Waals surface area contributed by atoms with Crippen molar-refractivity contribution < 1.29 is 14.1 Å². The molecule has 3 aromatic rings. The van der Waals surface area contributed by atoms with Crippen molar-refractivity contribution in [2.24, 2.45) is 0 Å². The Morgan fingerprint density at radius 3 is 2.73 bits per heavy atom. The fraction of sp³-hybridized carbons (Fsp3) is 0.211. The minimum Gasteiger partial charge on any atom is -0.481 e. The Kier molecular flexibility index (Phi) is 5.53. The summed E-state index contributed by atoms with van der Waals surface area (Å²) in [5.41, 5.74) is 1.88. The monoisotopic (exact) mass is 371 g/mol. The molecule has 0 aliphatic carbocycles. The highest BCUT2D eigenvalue weighted by Crippen LogP contribution is 2.22. The lowest BCUT2D eigenvalue weighted by Crippen LogP contribution is -2.30. The largest absolute Gasteiger partial charge is 0.481 e. The van der Waals surface area contributed by atoms with Crippen molar-refractivity contribution in [2.45, 2.75) is 26.4 Å². The highest BCUT2D eigenvalue weighted by molar-refractivity contribution is 6.30. The van der Waals surface area contributed by atoms with Crippen LogP contribution in [0, 0.1) is 0 Å². The third-order valence-corrected chi connectivity index (χ3v) is 3.98. The molecule has 0 saturated heterocycles. The number of aromatic nitrogens is 2. The van der Waals surface area contributed by atoms with Gasteiger partial charge in [0.1, 0.15) is 5.75 Å². The third kappa shape index (κ3) is 4.40. The van der Waals surface area contributed by atoms with Gasteiger partial charge in [-0.2, -0.15) is 4.98 Å². The summed E-state index contributed by atoms with van der Waals surface area (Å²) < 4.78 is 10.8. The standard InChI is InChI=1S/C19H18ClN3O3/c1-3-13-7-9-16(10-8-13)25-12(2)17(24)21-19-22-18(26-23-19)14-5-4-6-15(20)11-14/h4-12H,3H2,1-2H3,(H,21,23,24). The molecular formula is C19H18ClN3O3. The van der Waals surface area contributed by atoms with Gasteiger partial charge in [-0.1, -0.05) is 36.7 Å². The molecule has 6 nitrogen and oxygen atoms in total. The van der Waals surface area contributed by atoms with Crippen molar-refractivity contribution in [2.75, 3.05) is 5.32 Å². The second-order valence-electron chi connectivity index (χ2n) is 5.68. The Labute approximate surface area is 156 Å². The smallest absolute Gasteiger partial charge is 0.270 e. The average Bonchev–Trinajstić information content (AvgIpc) is 3.11. The number of nitrogens with one attached hydrogen (secondary N) is 1. The van der Waals surface area contributed by atoms with Gasteiger partial charge in [-0.05, 0) is 54.4 Å². The normalized spacial score (nSPS) is 11.8. The van der Waals surface area contributed by atoms with E-state index in [9.17, 15) is 4.79 Å². The van der Waals surface area contributed by atoms with Crippen molar-refractivity contribution >= 4 is 23.5 Å². The predicted molar refractivity (Wildman–Crippen MR) is 99.3 cm³/mol. The summed E-state index contributed by atoms with van der Waals surface area (Å²) in [6, 6.07) is 14.6. The van der Waals surface area contributed by atoms with E-state index in [1.54, 1.807) is 31.2 Å². The average molecular weight is 372 g/mol. The van der Waals surface area contributed by atoms with Crippen LogP contribution in [-0.2, 0) is 11.2 Å². The highest BCUT2D eigenvalue weighted by atomic mass is 35.5. The molecule has 0 aliphatic heterocycles. The van der Waals surface area contributed by atoms with Gasteiger partial charge in [0.25, 0.3) is 17.7 Å². The summed E-state index contributed by atoms with van der Waals surface area (Å²) in [6.07, 6.45) is 0.235. The number of benzene rings is 2. The van der Waals surface area contributed by atoms with Crippen molar-refractivity contribution in [1.29, 1.82) is 0 Å². The van der Waals surface area contributed by atoms with E-state index in [0.717, 1.165) is 6.42 Å². The third-order valence-electron chi connectivity index (χ3n) is 3.75. The number of carbonyl (C=O) groups excluding carboxylic acids is 1. The summed E-state index contributed by atoms with van der Waals surface area (Å²) >= 11 is 5.95. The molecule has 2 aromatic carbocycles. The Morgan fingerprint density at radius 1 is 1.27 bits per heavy atom. The second kappa shape index (κ2) is 8.01. The van der Waals surface area contributed by atoms with Crippen molar-refractivity contribution in [3.8, 4) is 17.2 Å². The first-order valence-corrected chi connectivity index (χ1v) is 8.59. The molecule has 0 bridgehead atoms. The Morgan fingerprint density at radius 2 is 2.04 bits per heavy atom. The van der Waals surface area contributed by atoms with Crippen molar-refractivity contribution in [3.05, 3.63) is 59.1 Å². The zero-order chi connectivity index (χ0) is 18.5. The molecule has 1 unspecified atom stereocenters. The number of carbonyl (C=O) groups is 1. The first-order chi connectivity index (χ1) is 12.5. The van der Waals surface area contributed by atoms with Crippen LogP contribution in [0.25, 0.3) is 11.5 Å². The molecule has 1 atom stereocenters. The fourth-order valence-electron chi connectivity index (χ4n) is 2.29. The molecule has 0 fully saturated rings. The number of anilines is 1. The van der Waals surface area contributed by atoms with E-state index in [4.69, 9.17) is 20.9 Å². The van der Waals surface area contributed by atoms with Gasteiger partial charge < -0.3 is 9.26 Å². The fourth-order valence-corrected chi connectivity index (χ4v) is 2.48. The summed E-state index contributed by atoms with van der Waals surface area (Å²) in [6.45, 7) is 3.73. The van der Waals surface area contributed by atoms with E-state index in [-0.39, 0.29) is 17.7 Å². The van der Waals surface area contributed by atoms with E-state index in [2.05, 4.69) is 22.4 Å². The molecule has 0 aliphatic rings. The lowest BCUT2D eigenvalue weighted by molar-refractivity contribution is -0.122. The minimum absolute atomic E-state index is 0.0711. The quantitative estimate of drug-likeness (QED) is 0.696. The highest BCUT2D eigenvalue weighted by Gasteiger charge is 2.18. The molecule has 3 rings (SSSR count). The SMILES string of the molecule is CCc1ccc(OC(C)C(=O)Nc2noc(-c3cccc(Cl)c3)n2)cc1. The molecule has 1 N–H and O–H groups in total. The number of ether oxygens (including phenoxy) is 1. The van der Waals surface area contributed by atoms with Gasteiger partial charge in [0.2, 0.25) is 0 Å². The number of hydrogen-bond acceptors (Lipinski definition) is 5. The Balaban J connectivity index is 1.62. The second-order valence-corrected chi connectivity index (χ2v) is 6.12. The van der Waals surface area contributed by atoms with Crippen LogP contribution >= 0.6 is 11.6 Å². The number of hydrogen-bond donors (Lipinski definition) is 1. The van der Waals surface area contributed by atoms with E-state index in [1.165, 1.54) is 5.56 Å². The molecule has 0 saturated carbocycles. The Bertz CT molecular complexity index is 893. The summed E-state index contributed by atoms with van der Waals surface area (Å²) in [7, 11) is 0. The van der Waals surface area contributed by atoms with Crippen molar-refractivity contribution in [1.82, 2.24) is 10.1 Å². The lowest BCUT2D eigenvalue weighted by Gasteiger charge is -2.13. The van der Waals surface area contributed by atoms with Crippen LogP contribution in [0.5, 0.6) is 5.75 Å². The van der Waals surface area contributed by atoms with Crippen LogP contribution in [0.3, 0.4) is 0 Å². The van der Waals surface area contributed by atoms with Gasteiger partial charge in [0.15, 0.2) is 6.10 Å². The van der Waals surface area contributed by atoms with Crippen LogP contribution in [0.2, 0.25) is 5.02 Å². The number of halogens is 1. The summed E-state index contributed by atoms with van der Waals surface area (Å²) in [5, 5.41) is 6.89. The van der Waals surface area contributed by atoms with Crippen molar-refractivity contribution in [3.63, 3.8) is 0 Å². The van der Waals surface area contributed by atoms with Gasteiger partial charge >= 0.3 is 0 Å². The van der Waals surface area contributed by atoms with Crippen LogP contribution in [0.15, 0.2) is 53.1 Å². The molecule has 0 spiro atoms. The molecule has 1 aromatic heterocycles. The maximum absolute atomic E-state index is 12.3. The van der Waals surface area contributed by atoms with Crippen LogP contribution < -0.4 is 10.1 Å². The Hall–Kier alpha value is -2.86. The maximum atomic E-state index is 12.3. The molecule has 1 amide bonds. The topological polar surface area (TPSA) is 77.2 Å². The van der Waals surface area contributed by atoms with E-state index in [0.29, 0.717) is 16.3 Å². The number of rotatable bonds is 6. The van der Waals surface area contributed by atoms with Gasteiger partial charge in [-0.25, -0.2) is 0 Å². The van der Waals surface area contributed by atoms with Gasteiger partial charge in [-0.3, -0.25) is 10.1 Å². The molecule has 0 radical (unpaired) electrons. The first-order valence-electron chi connectivity index (χ1n) is 8.21. The van der Waals surface area contributed by atoms with Gasteiger partial charge in [-0.15, -0.1) is 0 Å². The molecule has 134 valence electrons. The number of amides is 1. The zero-order valence-corrected chi connectivity index (χ0v) is 15.2. The van der Waals surface area contributed by atoms with Crippen LogP contribution in [0.4, 0.5) is 5.95 Å². The number of aryl methyl sites for hydroxylation is 1. The first kappa shape index (κ1) is 17.9. The zero-order valence-electron chi connectivity index (χ0n) is 14.4. The number of nitrogens with zero attached hydrogens (tertiary/aromatic N) is 2. The summed E-state index contributed by atoms with van der Waals surface area (Å²) in [4.78, 5) is 16.4. The summed E-state index contributed by atoms with van der Waals surface area (Å²) in [5.74, 6) is 0.592. The predicted octanol–water partition coefficient (Wildman–Crippen LogP) is 4.36. The van der Waals surface area contributed by atoms with E-state index < -0.39 is 6.10 Å².